The zero-order chi connectivity index (χ0) is 19.4. The second kappa shape index (κ2) is 8.39. The van der Waals surface area contributed by atoms with E-state index in [0.717, 1.165) is 6.42 Å². The molecule has 1 saturated heterocycles. The Balaban J connectivity index is 1.57. The van der Waals surface area contributed by atoms with Crippen LogP contribution < -0.4 is 14.8 Å². The zero-order valence-corrected chi connectivity index (χ0v) is 15.7. The lowest BCUT2D eigenvalue weighted by molar-refractivity contribution is -0.133. The number of Topliss-reactive ketones (excluding diaryl/α,β-unsaturated/α-hetero) is 1. The Hall–Kier alpha value is -2.61. The highest BCUT2D eigenvalue weighted by atomic mass is 16.7. The summed E-state index contributed by atoms with van der Waals surface area (Å²) in [5.41, 5.74) is 0.816. The SMILES string of the molecule is CCCC(=O)N1CCN(CC(=O)Nc2cc3c(cc2C(C)=O)OCO3)CC1. The molecule has 2 amide bonds. The molecule has 1 N–H and O–H groups in total. The Morgan fingerprint density at radius 1 is 1.07 bits per heavy atom. The summed E-state index contributed by atoms with van der Waals surface area (Å²) in [5.74, 6) is 0.828. The molecule has 0 radical (unpaired) electrons. The third-order valence-corrected chi connectivity index (χ3v) is 4.72. The summed E-state index contributed by atoms with van der Waals surface area (Å²) in [6.07, 6.45) is 1.41. The van der Waals surface area contributed by atoms with Crippen molar-refractivity contribution in [1.82, 2.24) is 9.80 Å². The van der Waals surface area contributed by atoms with Crippen molar-refractivity contribution in [3.63, 3.8) is 0 Å². The highest BCUT2D eigenvalue weighted by Crippen LogP contribution is 2.37. The van der Waals surface area contributed by atoms with Crippen LogP contribution >= 0.6 is 0 Å². The third-order valence-electron chi connectivity index (χ3n) is 4.72. The number of nitrogens with zero attached hydrogens (tertiary/aromatic N) is 2. The molecule has 146 valence electrons. The fourth-order valence-electron chi connectivity index (χ4n) is 3.26. The molecule has 8 heteroatoms. The summed E-state index contributed by atoms with van der Waals surface area (Å²) >= 11 is 0. The lowest BCUT2D eigenvalue weighted by Crippen LogP contribution is -2.50. The molecule has 0 aromatic heterocycles. The van der Waals surface area contributed by atoms with Gasteiger partial charge in [0.25, 0.3) is 0 Å². The van der Waals surface area contributed by atoms with Gasteiger partial charge in [-0.15, -0.1) is 0 Å². The molecule has 8 nitrogen and oxygen atoms in total. The maximum absolute atomic E-state index is 12.5. The van der Waals surface area contributed by atoms with E-state index in [1.54, 1.807) is 12.1 Å². The van der Waals surface area contributed by atoms with Gasteiger partial charge in [0.1, 0.15) is 0 Å². The van der Waals surface area contributed by atoms with Crippen molar-refractivity contribution < 1.29 is 23.9 Å². The summed E-state index contributed by atoms with van der Waals surface area (Å²) < 4.78 is 10.6. The van der Waals surface area contributed by atoms with Gasteiger partial charge < -0.3 is 19.7 Å². The number of ketones is 1. The van der Waals surface area contributed by atoms with Crippen molar-refractivity contribution in [1.29, 1.82) is 0 Å². The summed E-state index contributed by atoms with van der Waals surface area (Å²) in [7, 11) is 0. The van der Waals surface area contributed by atoms with E-state index in [0.29, 0.717) is 55.3 Å². The van der Waals surface area contributed by atoms with Gasteiger partial charge in [0.05, 0.1) is 12.2 Å². The number of amides is 2. The maximum atomic E-state index is 12.5. The van der Waals surface area contributed by atoms with Gasteiger partial charge in [-0.1, -0.05) is 6.92 Å². The molecule has 27 heavy (non-hydrogen) atoms. The molecule has 0 bridgehead atoms. The van der Waals surface area contributed by atoms with E-state index in [9.17, 15) is 14.4 Å². The largest absolute Gasteiger partial charge is 0.454 e. The molecular weight excluding hydrogens is 350 g/mol. The molecular formula is C19H25N3O5. The van der Waals surface area contributed by atoms with E-state index in [2.05, 4.69) is 5.32 Å². The molecule has 3 rings (SSSR count). The quantitative estimate of drug-likeness (QED) is 0.758. The third kappa shape index (κ3) is 4.57. The Kier molecular flexibility index (Phi) is 5.95. The molecule has 1 aromatic rings. The minimum absolute atomic E-state index is 0.102. The van der Waals surface area contributed by atoms with E-state index >= 15 is 0 Å². The van der Waals surface area contributed by atoms with Crippen molar-refractivity contribution in [3.8, 4) is 11.5 Å². The molecule has 0 unspecified atom stereocenters. The second-order valence-electron chi connectivity index (χ2n) is 6.76. The Morgan fingerprint density at radius 2 is 1.74 bits per heavy atom. The van der Waals surface area contributed by atoms with Gasteiger partial charge in [0.15, 0.2) is 17.3 Å². The van der Waals surface area contributed by atoms with Gasteiger partial charge in [0.2, 0.25) is 18.6 Å². The number of fused-ring (bicyclic) bond motifs is 1. The maximum Gasteiger partial charge on any atom is 0.238 e. The van der Waals surface area contributed by atoms with E-state index in [4.69, 9.17) is 9.47 Å². The highest BCUT2D eigenvalue weighted by molar-refractivity contribution is 6.05. The van der Waals surface area contributed by atoms with Crippen LogP contribution in [-0.4, -0.2) is 66.9 Å². The lowest BCUT2D eigenvalue weighted by atomic mass is 10.1. The first-order valence-electron chi connectivity index (χ1n) is 9.22. The molecule has 0 aliphatic carbocycles. The van der Waals surface area contributed by atoms with E-state index in [1.807, 2.05) is 16.7 Å². The predicted octanol–water partition coefficient (Wildman–Crippen LogP) is 1.50. The minimum atomic E-state index is -0.204. The van der Waals surface area contributed by atoms with Crippen LogP contribution in [-0.2, 0) is 9.59 Å². The Labute approximate surface area is 158 Å². The average molecular weight is 375 g/mol. The fourth-order valence-corrected chi connectivity index (χ4v) is 3.26. The second-order valence-corrected chi connectivity index (χ2v) is 6.76. The molecule has 2 aliphatic heterocycles. The number of rotatable bonds is 6. The number of hydrogen-bond donors (Lipinski definition) is 1. The van der Waals surface area contributed by atoms with E-state index < -0.39 is 0 Å². The summed E-state index contributed by atoms with van der Waals surface area (Å²) in [6.45, 7) is 6.33. The Bertz CT molecular complexity index is 741. The highest BCUT2D eigenvalue weighted by Gasteiger charge is 2.24. The number of hydrogen-bond acceptors (Lipinski definition) is 6. The van der Waals surface area contributed by atoms with Crippen LogP contribution in [0.1, 0.15) is 37.0 Å². The van der Waals surface area contributed by atoms with Gasteiger partial charge >= 0.3 is 0 Å². The van der Waals surface area contributed by atoms with Gasteiger partial charge in [-0.2, -0.15) is 0 Å². The lowest BCUT2D eigenvalue weighted by Gasteiger charge is -2.34. The van der Waals surface area contributed by atoms with Gasteiger partial charge in [-0.05, 0) is 19.4 Å². The van der Waals surface area contributed by atoms with Gasteiger partial charge in [-0.25, -0.2) is 0 Å². The van der Waals surface area contributed by atoms with Crippen molar-refractivity contribution in [2.75, 3.05) is 44.8 Å². The predicted molar refractivity (Wildman–Crippen MR) is 99.1 cm³/mol. The van der Waals surface area contributed by atoms with Crippen LogP contribution in [0, 0.1) is 0 Å². The van der Waals surface area contributed by atoms with Gasteiger partial charge in [-0.3, -0.25) is 19.3 Å². The smallest absolute Gasteiger partial charge is 0.238 e. The van der Waals surface area contributed by atoms with Gasteiger partial charge in [0, 0.05) is 44.2 Å². The topological polar surface area (TPSA) is 88.2 Å². The molecule has 0 saturated carbocycles. The first-order chi connectivity index (χ1) is 13.0. The number of carbonyl (C=O) groups excluding carboxylic acids is 3. The average Bonchev–Trinajstić information content (AvgIpc) is 3.09. The summed E-state index contributed by atoms with van der Waals surface area (Å²) in [5, 5.41) is 2.81. The summed E-state index contributed by atoms with van der Waals surface area (Å²) in [6, 6.07) is 3.22. The minimum Gasteiger partial charge on any atom is -0.454 e. The standard InChI is InChI=1S/C19H25N3O5/c1-3-4-19(25)22-7-5-21(6-8-22)11-18(24)20-15-10-17-16(26-12-27-17)9-14(15)13(2)23/h9-10H,3-8,11-12H2,1-2H3,(H,20,24). The molecule has 0 atom stereocenters. The van der Waals surface area contributed by atoms with E-state index in [-0.39, 0.29) is 30.9 Å². The monoisotopic (exact) mass is 375 g/mol. The summed E-state index contributed by atoms with van der Waals surface area (Å²) in [4.78, 5) is 40.1. The number of anilines is 1. The van der Waals surface area contributed by atoms with Crippen LogP contribution in [0.5, 0.6) is 11.5 Å². The number of carbonyl (C=O) groups is 3. The molecule has 2 aliphatic rings. The molecule has 1 aromatic carbocycles. The van der Waals surface area contributed by atoms with Crippen molar-refractivity contribution >= 4 is 23.3 Å². The molecule has 0 spiro atoms. The van der Waals surface area contributed by atoms with Crippen molar-refractivity contribution in [2.45, 2.75) is 26.7 Å². The first kappa shape index (κ1) is 19.2. The van der Waals surface area contributed by atoms with Crippen LogP contribution in [0.2, 0.25) is 0 Å². The number of nitrogens with one attached hydrogen (secondary N) is 1. The van der Waals surface area contributed by atoms with E-state index in [1.165, 1.54) is 6.92 Å². The molecule has 2 heterocycles. The van der Waals surface area contributed by atoms with Crippen LogP contribution in [0.15, 0.2) is 12.1 Å². The normalized spacial score (nSPS) is 16.3. The number of benzene rings is 1. The fraction of sp³-hybridized carbons (Fsp3) is 0.526. The Morgan fingerprint density at radius 3 is 2.37 bits per heavy atom. The van der Waals surface area contributed by atoms with Crippen LogP contribution in [0.4, 0.5) is 5.69 Å². The van der Waals surface area contributed by atoms with Crippen LogP contribution in [0.3, 0.4) is 0 Å². The first-order valence-corrected chi connectivity index (χ1v) is 9.22. The molecule has 1 fully saturated rings. The van der Waals surface area contributed by atoms with Crippen molar-refractivity contribution in [3.05, 3.63) is 17.7 Å². The number of piperazine rings is 1. The van der Waals surface area contributed by atoms with Crippen molar-refractivity contribution in [2.24, 2.45) is 0 Å². The zero-order valence-electron chi connectivity index (χ0n) is 15.7. The van der Waals surface area contributed by atoms with Crippen LogP contribution in [0.25, 0.3) is 0 Å². The number of ether oxygens (including phenoxy) is 2.